The monoisotopic (exact) mass is 234 g/mol. The highest BCUT2D eigenvalue weighted by Crippen LogP contribution is 2.29. The van der Waals surface area contributed by atoms with Crippen molar-refractivity contribution in [3.8, 4) is 5.75 Å². The minimum absolute atomic E-state index is 0.308. The lowest BCUT2D eigenvalue weighted by atomic mass is 10.00. The average molecular weight is 234 g/mol. The number of benzene rings is 1. The molecule has 2 rings (SSSR count). The number of aliphatic hydroxyl groups is 1. The van der Waals surface area contributed by atoms with Crippen LogP contribution in [0.4, 0.5) is 0 Å². The minimum Gasteiger partial charge on any atom is -0.493 e. The molecule has 1 aromatic carbocycles. The smallest absolute Gasteiger partial charge is 0.122 e. The van der Waals surface area contributed by atoms with E-state index in [0.717, 1.165) is 37.2 Å². The molecule has 0 bridgehead atoms. The van der Waals surface area contributed by atoms with Gasteiger partial charge in [-0.1, -0.05) is 38.7 Å². The van der Waals surface area contributed by atoms with Gasteiger partial charge in [0.2, 0.25) is 0 Å². The quantitative estimate of drug-likeness (QED) is 0.762. The fourth-order valence-electron chi connectivity index (χ4n) is 2.34. The molecule has 1 aliphatic rings. The molecule has 0 saturated carbocycles. The Labute approximate surface area is 104 Å². The summed E-state index contributed by atoms with van der Waals surface area (Å²) in [6, 6.07) is 6.09. The molecular formula is C15H22O2. The molecule has 0 saturated heterocycles. The predicted molar refractivity (Wildman–Crippen MR) is 69.4 cm³/mol. The molecule has 1 aromatic rings. The summed E-state index contributed by atoms with van der Waals surface area (Å²) < 4.78 is 5.46. The maximum Gasteiger partial charge on any atom is 0.122 e. The molecular weight excluding hydrogens is 212 g/mol. The van der Waals surface area contributed by atoms with Crippen molar-refractivity contribution in [1.82, 2.24) is 0 Å². The van der Waals surface area contributed by atoms with Crippen molar-refractivity contribution >= 4 is 0 Å². The first-order chi connectivity index (χ1) is 8.31. The predicted octanol–water partition coefficient (Wildman–Crippen LogP) is 3.63. The van der Waals surface area contributed by atoms with Gasteiger partial charge in [0.1, 0.15) is 5.75 Å². The standard InChI is InChI=1S/C15H22O2/c1-2-3-4-5-6-14(16)12-7-8-15-13(11-12)9-10-17-15/h7-8,11,14,16H,2-6,9-10H2,1H3. The van der Waals surface area contributed by atoms with E-state index in [1.807, 2.05) is 12.1 Å². The lowest BCUT2D eigenvalue weighted by molar-refractivity contribution is 0.163. The topological polar surface area (TPSA) is 29.5 Å². The Morgan fingerprint density at radius 3 is 3.00 bits per heavy atom. The van der Waals surface area contributed by atoms with Gasteiger partial charge in [0.25, 0.3) is 0 Å². The molecule has 1 unspecified atom stereocenters. The van der Waals surface area contributed by atoms with Crippen molar-refractivity contribution in [3.63, 3.8) is 0 Å². The first-order valence-corrected chi connectivity index (χ1v) is 6.75. The van der Waals surface area contributed by atoms with Crippen molar-refractivity contribution in [1.29, 1.82) is 0 Å². The lowest BCUT2D eigenvalue weighted by Gasteiger charge is -2.11. The van der Waals surface area contributed by atoms with E-state index in [0.29, 0.717) is 0 Å². The Morgan fingerprint density at radius 1 is 1.29 bits per heavy atom. The highest BCUT2D eigenvalue weighted by atomic mass is 16.5. The summed E-state index contributed by atoms with van der Waals surface area (Å²) in [6.07, 6.45) is 6.39. The van der Waals surface area contributed by atoms with Crippen LogP contribution >= 0.6 is 0 Å². The lowest BCUT2D eigenvalue weighted by Crippen LogP contribution is -1.98. The summed E-state index contributed by atoms with van der Waals surface area (Å²) in [4.78, 5) is 0. The Hall–Kier alpha value is -1.02. The third kappa shape index (κ3) is 3.22. The number of rotatable bonds is 6. The number of ether oxygens (including phenoxy) is 1. The van der Waals surface area contributed by atoms with Crippen LogP contribution < -0.4 is 4.74 Å². The van der Waals surface area contributed by atoms with Gasteiger partial charge in [-0.25, -0.2) is 0 Å². The summed E-state index contributed by atoms with van der Waals surface area (Å²) in [6.45, 7) is 2.99. The SMILES string of the molecule is CCCCCCC(O)c1ccc2c(c1)CCO2. The van der Waals surface area contributed by atoms with Crippen molar-refractivity contribution in [2.75, 3.05) is 6.61 Å². The van der Waals surface area contributed by atoms with Gasteiger partial charge >= 0.3 is 0 Å². The van der Waals surface area contributed by atoms with E-state index in [1.54, 1.807) is 0 Å². The summed E-state index contributed by atoms with van der Waals surface area (Å²) in [7, 11) is 0. The summed E-state index contributed by atoms with van der Waals surface area (Å²) in [5.74, 6) is 0.993. The number of aliphatic hydroxyl groups excluding tert-OH is 1. The normalized spacial score (nSPS) is 15.4. The molecule has 0 spiro atoms. The Morgan fingerprint density at radius 2 is 2.18 bits per heavy atom. The molecule has 1 N–H and O–H groups in total. The van der Waals surface area contributed by atoms with Crippen molar-refractivity contribution in [2.45, 2.75) is 51.6 Å². The van der Waals surface area contributed by atoms with E-state index in [4.69, 9.17) is 4.74 Å². The third-order valence-electron chi connectivity index (χ3n) is 3.43. The molecule has 2 nitrogen and oxygen atoms in total. The Kier molecular flexibility index (Phi) is 4.43. The molecule has 17 heavy (non-hydrogen) atoms. The van der Waals surface area contributed by atoms with Crippen molar-refractivity contribution < 1.29 is 9.84 Å². The first-order valence-electron chi connectivity index (χ1n) is 6.75. The molecule has 0 fully saturated rings. The van der Waals surface area contributed by atoms with Crippen LogP contribution in [0.25, 0.3) is 0 Å². The van der Waals surface area contributed by atoms with E-state index in [9.17, 15) is 5.11 Å². The van der Waals surface area contributed by atoms with E-state index < -0.39 is 0 Å². The van der Waals surface area contributed by atoms with Crippen LogP contribution in [0.3, 0.4) is 0 Å². The molecule has 0 radical (unpaired) electrons. The molecule has 0 amide bonds. The van der Waals surface area contributed by atoms with E-state index in [2.05, 4.69) is 13.0 Å². The molecule has 2 heteroatoms. The zero-order valence-electron chi connectivity index (χ0n) is 10.6. The summed E-state index contributed by atoms with van der Waals surface area (Å²) >= 11 is 0. The highest BCUT2D eigenvalue weighted by Gasteiger charge is 2.15. The average Bonchev–Trinajstić information content (AvgIpc) is 2.81. The summed E-state index contributed by atoms with van der Waals surface area (Å²) in [5, 5.41) is 10.1. The third-order valence-corrected chi connectivity index (χ3v) is 3.43. The van der Waals surface area contributed by atoms with Crippen molar-refractivity contribution in [3.05, 3.63) is 29.3 Å². The van der Waals surface area contributed by atoms with Crippen molar-refractivity contribution in [2.24, 2.45) is 0 Å². The van der Waals surface area contributed by atoms with E-state index in [-0.39, 0.29) is 6.10 Å². The number of hydrogen-bond acceptors (Lipinski definition) is 2. The molecule has 0 aliphatic carbocycles. The molecule has 1 atom stereocenters. The molecule has 1 aliphatic heterocycles. The van der Waals surface area contributed by atoms with Crippen LogP contribution in [-0.2, 0) is 6.42 Å². The number of unbranched alkanes of at least 4 members (excludes halogenated alkanes) is 3. The largest absolute Gasteiger partial charge is 0.493 e. The second-order valence-electron chi connectivity index (χ2n) is 4.83. The highest BCUT2D eigenvalue weighted by molar-refractivity contribution is 5.40. The zero-order valence-corrected chi connectivity index (χ0v) is 10.6. The fraction of sp³-hybridized carbons (Fsp3) is 0.600. The second-order valence-corrected chi connectivity index (χ2v) is 4.83. The van der Waals surface area contributed by atoms with Gasteiger partial charge in [-0.15, -0.1) is 0 Å². The summed E-state index contributed by atoms with van der Waals surface area (Å²) in [5.41, 5.74) is 2.29. The molecule has 94 valence electrons. The Bertz CT molecular complexity index is 360. The van der Waals surface area contributed by atoms with Gasteiger partial charge in [-0.2, -0.15) is 0 Å². The van der Waals surface area contributed by atoms with Gasteiger partial charge in [-0.05, 0) is 29.7 Å². The number of fused-ring (bicyclic) bond motifs is 1. The van der Waals surface area contributed by atoms with Gasteiger partial charge in [0.05, 0.1) is 12.7 Å². The molecule has 0 aromatic heterocycles. The first kappa shape index (κ1) is 12.4. The van der Waals surface area contributed by atoms with Crippen LogP contribution in [0.5, 0.6) is 5.75 Å². The Balaban J connectivity index is 1.88. The maximum atomic E-state index is 10.1. The van der Waals surface area contributed by atoms with Crippen LogP contribution in [0.1, 0.15) is 56.3 Å². The minimum atomic E-state index is -0.308. The maximum absolute atomic E-state index is 10.1. The second kappa shape index (κ2) is 6.06. The van der Waals surface area contributed by atoms with Gasteiger partial charge in [-0.3, -0.25) is 0 Å². The van der Waals surface area contributed by atoms with Gasteiger partial charge in [0.15, 0.2) is 0 Å². The van der Waals surface area contributed by atoms with E-state index in [1.165, 1.54) is 24.8 Å². The van der Waals surface area contributed by atoms with Crippen LogP contribution in [0, 0.1) is 0 Å². The van der Waals surface area contributed by atoms with Gasteiger partial charge in [0, 0.05) is 6.42 Å². The molecule has 1 heterocycles. The fourth-order valence-corrected chi connectivity index (χ4v) is 2.34. The van der Waals surface area contributed by atoms with Crippen LogP contribution in [-0.4, -0.2) is 11.7 Å². The van der Waals surface area contributed by atoms with Crippen LogP contribution in [0.2, 0.25) is 0 Å². The van der Waals surface area contributed by atoms with E-state index >= 15 is 0 Å². The number of hydrogen-bond donors (Lipinski definition) is 1. The van der Waals surface area contributed by atoms with Gasteiger partial charge < -0.3 is 9.84 Å². The van der Waals surface area contributed by atoms with Crippen LogP contribution in [0.15, 0.2) is 18.2 Å². The zero-order chi connectivity index (χ0) is 12.1.